The van der Waals surface area contributed by atoms with Crippen molar-refractivity contribution < 1.29 is 4.79 Å². The van der Waals surface area contributed by atoms with Crippen LogP contribution in [-0.2, 0) is 11.2 Å². The highest BCUT2D eigenvalue weighted by atomic mass is 32.2. The quantitative estimate of drug-likeness (QED) is 0.797. The van der Waals surface area contributed by atoms with Gasteiger partial charge < -0.3 is 4.90 Å². The van der Waals surface area contributed by atoms with E-state index in [1.54, 1.807) is 11.8 Å². The molecule has 1 unspecified atom stereocenters. The van der Waals surface area contributed by atoms with Crippen LogP contribution in [0.4, 0.5) is 0 Å². The van der Waals surface area contributed by atoms with Crippen LogP contribution in [0.3, 0.4) is 0 Å². The van der Waals surface area contributed by atoms with Gasteiger partial charge in [-0.15, -0.1) is 11.8 Å². The van der Waals surface area contributed by atoms with Crippen LogP contribution < -0.4 is 0 Å². The molecule has 0 spiro atoms. The summed E-state index contributed by atoms with van der Waals surface area (Å²) in [7, 11) is 1.89. The summed E-state index contributed by atoms with van der Waals surface area (Å²) in [4.78, 5) is 13.5. The van der Waals surface area contributed by atoms with E-state index < -0.39 is 0 Å². The average Bonchev–Trinajstić information content (AvgIpc) is 2.62. The van der Waals surface area contributed by atoms with Gasteiger partial charge >= 0.3 is 0 Å². The normalized spacial score (nSPS) is 20.4. The lowest BCUT2D eigenvalue weighted by atomic mass is 10.2. The predicted molar refractivity (Wildman–Crippen MR) is 68.6 cm³/mol. The topological polar surface area (TPSA) is 20.3 Å². The maximum absolute atomic E-state index is 11.7. The molecule has 1 amide bonds. The second-order valence-electron chi connectivity index (χ2n) is 4.14. The molecule has 1 heterocycles. The molecule has 1 aromatic carbocycles. The van der Waals surface area contributed by atoms with Gasteiger partial charge in [0.25, 0.3) is 0 Å². The van der Waals surface area contributed by atoms with E-state index in [1.807, 2.05) is 18.0 Å². The number of hydrogen-bond donors (Lipinski definition) is 0. The molecule has 1 aliphatic rings. The summed E-state index contributed by atoms with van der Waals surface area (Å²) < 4.78 is 0. The molecule has 1 saturated heterocycles. The van der Waals surface area contributed by atoms with Crippen molar-refractivity contribution in [3.8, 4) is 0 Å². The van der Waals surface area contributed by atoms with E-state index in [-0.39, 0.29) is 5.25 Å². The molecule has 0 aromatic heterocycles. The Morgan fingerprint density at radius 2 is 2.12 bits per heavy atom. The number of hydrogen-bond acceptors (Lipinski definition) is 2. The van der Waals surface area contributed by atoms with E-state index in [9.17, 15) is 4.79 Å². The van der Waals surface area contributed by atoms with Crippen molar-refractivity contribution >= 4 is 17.7 Å². The van der Waals surface area contributed by atoms with Crippen molar-refractivity contribution in [3.63, 3.8) is 0 Å². The minimum atomic E-state index is 0.203. The van der Waals surface area contributed by atoms with Gasteiger partial charge in [0.2, 0.25) is 5.91 Å². The Bertz CT molecular complexity index is 352. The smallest absolute Gasteiger partial charge is 0.235 e. The molecule has 2 nitrogen and oxygen atoms in total. The molecule has 1 aromatic rings. The Labute approximate surface area is 101 Å². The van der Waals surface area contributed by atoms with Crippen molar-refractivity contribution in [2.45, 2.75) is 18.1 Å². The highest BCUT2D eigenvalue weighted by Crippen LogP contribution is 2.23. The number of thioether (sulfide) groups is 1. The van der Waals surface area contributed by atoms with Crippen molar-refractivity contribution in [2.75, 3.05) is 19.3 Å². The number of aryl methyl sites for hydroxylation is 1. The molecular weight excluding hydrogens is 218 g/mol. The number of amides is 1. The molecule has 86 valence electrons. The zero-order valence-corrected chi connectivity index (χ0v) is 10.4. The third-order valence-electron chi connectivity index (χ3n) is 2.93. The van der Waals surface area contributed by atoms with Gasteiger partial charge in [-0.1, -0.05) is 30.3 Å². The van der Waals surface area contributed by atoms with E-state index in [0.29, 0.717) is 5.91 Å². The van der Waals surface area contributed by atoms with Crippen molar-refractivity contribution in [2.24, 2.45) is 0 Å². The summed E-state index contributed by atoms with van der Waals surface area (Å²) in [6, 6.07) is 10.4. The van der Waals surface area contributed by atoms with Gasteiger partial charge in [-0.3, -0.25) is 4.79 Å². The molecule has 1 atom stereocenters. The lowest BCUT2D eigenvalue weighted by Gasteiger charge is -2.09. The fourth-order valence-corrected chi connectivity index (χ4v) is 3.14. The van der Waals surface area contributed by atoms with Gasteiger partial charge in [0, 0.05) is 13.6 Å². The number of nitrogens with zero attached hydrogens (tertiary/aromatic N) is 1. The first-order chi connectivity index (χ1) is 7.77. The van der Waals surface area contributed by atoms with Gasteiger partial charge in [-0.05, 0) is 24.2 Å². The van der Waals surface area contributed by atoms with Gasteiger partial charge in [0.1, 0.15) is 0 Å². The molecule has 0 N–H and O–H groups in total. The van der Waals surface area contributed by atoms with E-state index in [2.05, 4.69) is 24.3 Å². The SMILES string of the molecule is CN1CCC(SCCc2ccccc2)C1=O. The summed E-state index contributed by atoms with van der Waals surface area (Å²) in [5, 5.41) is 0.203. The summed E-state index contributed by atoms with van der Waals surface area (Å²) in [6.07, 6.45) is 2.06. The second kappa shape index (κ2) is 5.39. The zero-order chi connectivity index (χ0) is 11.4. The molecule has 16 heavy (non-hydrogen) atoms. The van der Waals surface area contributed by atoms with E-state index >= 15 is 0 Å². The lowest BCUT2D eigenvalue weighted by molar-refractivity contribution is -0.126. The largest absolute Gasteiger partial charge is 0.345 e. The maximum Gasteiger partial charge on any atom is 0.235 e. The molecule has 0 saturated carbocycles. The Hall–Kier alpha value is -0.960. The first-order valence-electron chi connectivity index (χ1n) is 5.68. The highest BCUT2D eigenvalue weighted by molar-refractivity contribution is 8.00. The second-order valence-corrected chi connectivity index (χ2v) is 5.45. The minimum absolute atomic E-state index is 0.203. The first kappa shape index (κ1) is 11.5. The Morgan fingerprint density at radius 1 is 1.38 bits per heavy atom. The Kier molecular flexibility index (Phi) is 3.88. The van der Waals surface area contributed by atoms with Crippen LogP contribution in [0.5, 0.6) is 0 Å². The van der Waals surface area contributed by atoms with Crippen LogP contribution in [0.1, 0.15) is 12.0 Å². The standard InChI is InChI=1S/C13H17NOS/c1-14-9-7-12(13(14)15)16-10-8-11-5-3-2-4-6-11/h2-6,12H,7-10H2,1H3. The van der Waals surface area contributed by atoms with Crippen LogP contribution in [-0.4, -0.2) is 35.4 Å². The summed E-state index contributed by atoms with van der Waals surface area (Å²) >= 11 is 1.80. The number of carbonyl (C=O) groups is 1. The van der Waals surface area contributed by atoms with Crippen molar-refractivity contribution in [3.05, 3.63) is 35.9 Å². The number of carbonyl (C=O) groups excluding carboxylic acids is 1. The molecule has 2 rings (SSSR count). The molecule has 1 fully saturated rings. The van der Waals surface area contributed by atoms with Crippen molar-refractivity contribution in [1.82, 2.24) is 4.90 Å². The Balaban J connectivity index is 1.75. The molecule has 0 radical (unpaired) electrons. The van der Waals surface area contributed by atoms with E-state index in [0.717, 1.165) is 25.1 Å². The fraction of sp³-hybridized carbons (Fsp3) is 0.462. The predicted octanol–water partition coefficient (Wildman–Crippen LogP) is 2.19. The van der Waals surface area contributed by atoms with Gasteiger partial charge in [-0.25, -0.2) is 0 Å². The number of likely N-dealkylation sites (tertiary alicyclic amines) is 1. The van der Waals surface area contributed by atoms with Gasteiger partial charge in [0.15, 0.2) is 0 Å². The summed E-state index contributed by atoms with van der Waals surface area (Å²) in [5.41, 5.74) is 1.36. The Morgan fingerprint density at radius 3 is 2.75 bits per heavy atom. The first-order valence-corrected chi connectivity index (χ1v) is 6.73. The number of rotatable bonds is 4. The van der Waals surface area contributed by atoms with Gasteiger partial charge in [-0.2, -0.15) is 0 Å². The molecule has 1 aliphatic heterocycles. The van der Waals surface area contributed by atoms with Crippen LogP contribution in [0.2, 0.25) is 0 Å². The fourth-order valence-electron chi connectivity index (χ4n) is 1.91. The third kappa shape index (κ3) is 2.79. The third-order valence-corrected chi connectivity index (χ3v) is 4.21. The molecular formula is C13H17NOS. The lowest BCUT2D eigenvalue weighted by Crippen LogP contribution is -2.24. The van der Waals surface area contributed by atoms with Crippen LogP contribution in [0, 0.1) is 0 Å². The monoisotopic (exact) mass is 235 g/mol. The van der Waals surface area contributed by atoms with Crippen LogP contribution in [0.25, 0.3) is 0 Å². The van der Waals surface area contributed by atoms with Gasteiger partial charge in [0.05, 0.1) is 5.25 Å². The maximum atomic E-state index is 11.7. The molecule has 3 heteroatoms. The zero-order valence-electron chi connectivity index (χ0n) is 9.56. The molecule has 0 bridgehead atoms. The summed E-state index contributed by atoms with van der Waals surface area (Å²) in [5.74, 6) is 1.34. The van der Waals surface area contributed by atoms with Crippen LogP contribution >= 0.6 is 11.8 Å². The molecule has 0 aliphatic carbocycles. The minimum Gasteiger partial charge on any atom is -0.345 e. The number of benzene rings is 1. The van der Waals surface area contributed by atoms with Crippen LogP contribution in [0.15, 0.2) is 30.3 Å². The summed E-state index contributed by atoms with van der Waals surface area (Å²) in [6.45, 7) is 0.918. The average molecular weight is 235 g/mol. The van der Waals surface area contributed by atoms with E-state index in [1.165, 1.54) is 5.56 Å². The van der Waals surface area contributed by atoms with Crippen molar-refractivity contribution in [1.29, 1.82) is 0 Å². The van der Waals surface area contributed by atoms with E-state index in [4.69, 9.17) is 0 Å². The highest BCUT2D eigenvalue weighted by Gasteiger charge is 2.28.